The molecule has 0 amide bonds. The van der Waals surface area contributed by atoms with Crippen molar-refractivity contribution >= 4 is 27.3 Å². The van der Waals surface area contributed by atoms with E-state index < -0.39 is 16.1 Å². The lowest BCUT2D eigenvalue weighted by Crippen LogP contribution is -2.41. The van der Waals surface area contributed by atoms with Gasteiger partial charge in [-0.3, -0.25) is 0 Å². The van der Waals surface area contributed by atoms with Gasteiger partial charge in [-0.15, -0.1) is 0 Å². The first-order valence-electron chi connectivity index (χ1n) is 11.2. The Morgan fingerprint density at radius 3 is 2.43 bits per heavy atom. The highest BCUT2D eigenvalue weighted by atomic mass is 32.2. The molecular weight excluding hydrogens is 470 g/mol. The summed E-state index contributed by atoms with van der Waals surface area (Å²) in [7, 11) is -3.75. The van der Waals surface area contributed by atoms with Gasteiger partial charge in [0.2, 0.25) is 16.0 Å². The van der Waals surface area contributed by atoms with Gasteiger partial charge in [0, 0.05) is 31.3 Å². The van der Waals surface area contributed by atoms with E-state index in [1.165, 1.54) is 12.1 Å². The van der Waals surface area contributed by atoms with Gasteiger partial charge in [0.15, 0.2) is 5.65 Å². The lowest BCUT2D eigenvalue weighted by atomic mass is 10.3. The molecule has 0 radical (unpaired) electrons. The summed E-state index contributed by atoms with van der Waals surface area (Å²) in [6.07, 6.45) is 5.01. The lowest BCUT2D eigenvalue weighted by molar-refractivity contribution is 0.0724. The van der Waals surface area contributed by atoms with E-state index in [0.29, 0.717) is 36.2 Å². The van der Waals surface area contributed by atoms with Crippen LogP contribution in [0.4, 0.5) is 11.6 Å². The molecule has 0 spiro atoms. The zero-order valence-electron chi connectivity index (χ0n) is 19.5. The SMILES string of the molecule is CCOCC(COCC)NS(=O)(=O)c1ccc(Nc2nccc(-c3cnc4cccnn34)n2)cc1. The predicted octanol–water partition coefficient (Wildman–Crippen LogP) is 2.65. The van der Waals surface area contributed by atoms with E-state index in [4.69, 9.17) is 9.47 Å². The third-order valence-corrected chi connectivity index (χ3v) is 6.52. The van der Waals surface area contributed by atoms with Crippen LogP contribution in [-0.4, -0.2) is 65.5 Å². The van der Waals surface area contributed by atoms with E-state index in [-0.39, 0.29) is 18.1 Å². The normalized spacial score (nSPS) is 11.9. The summed E-state index contributed by atoms with van der Waals surface area (Å²) in [5.41, 5.74) is 2.72. The molecule has 4 rings (SSSR count). The first-order chi connectivity index (χ1) is 17.0. The number of nitrogens with one attached hydrogen (secondary N) is 2. The van der Waals surface area contributed by atoms with Crippen molar-refractivity contribution in [1.29, 1.82) is 0 Å². The van der Waals surface area contributed by atoms with Crippen molar-refractivity contribution in [2.45, 2.75) is 24.8 Å². The minimum atomic E-state index is -3.75. The molecule has 0 aliphatic heterocycles. The fraction of sp³-hybridized carbons (Fsp3) is 0.304. The molecule has 3 heterocycles. The van der Waals surface area contributed by atoms with E-state index in [2.05, 4.69) is 30.1 Å². The summed E-state index contributed by atoms with van der Waals surface area (Å²) in [4.78, 5) is 13.3. The summed E-state index contributed by atoms with van der Waals surface area (Å²) >= 11 is 0. The van der Waals surface area contributed by atoms with Crippen molar-refractivity contribution in [1.82, 2.24) is 29.3 Å². The molecule has 0 unspecified atom stereocenters. The summed E-state index contributed by atoms with van der Waals surface area (Å²) in [5.74, 6) is 0.357. The first-order valence-corrected chi connectivity index (χ1v) is 12.7. The molecule has 0 aliphatic rings. The number of sulfonamides is 1. The Morgan fingerprint density at radius 2 is 1.71 bits per heavy atom. The summed E-state index contributed by atoms with van der Waals surface area (Å²) in [5, 5.41) is 7.41. The van der Waals surface area contributed by atoms with E-state index in [9.17, 15) is 8.42 Å². The average molecular weight is 498 g/mol. The van der Waals surface area contributed by atoms with Crippen molar-refractivity contribution in [3.05, 3.63) is 61.1 Å². The smallest absolute Gasteiger partial charge is 0.240 e. The summed E-state index contributed by atoms with van der Waals surface area (Å²) in [6.45, 7) is 5.14. The lowest BCUT2D eigenvalue weighted by Gasteiger charge is -2.18. The maximum atomic E-state index is 12.8. The van der Waals surface area contributed by atoms with Crippen LogP contribution in [0, 0.1) is 0 Å². The number of benzene rings is 1. The molecule has 11 nitrogen and oxygen atoms in total. The van der Waals surface area contributed by atoms with Crippen LogP contribution in [0.15, 0.2) is 66.0 Å². The first kappa shape index (κ1) is 24.7. The van der Waals surface area contributed by atoms with Crippen molar-refractivity contribution < 1.29 is 17.9 Å². The number of rotatable bonds is 12. The number of hydrogen-bond donors (Lipinski definition) is 2. The Labute approximate surface area is 203 Å². The molecule has 0 saturated carbocycles. The Hall–Kier alpha value is -3.45. The van der Waals surface area contributed by atoms with Gasteiger partial charge >= 0.3 is 0 Å². The minimum absolute atomic E-state index is 0.132. The minimum Gasteiger partial charge on any atom is -0.380 e. The molecular formula is C23H27N7O4S. The summed E-state index contributed by atoms with van der Waals surface area (Å²) in [6, 6.07) is 11.3. The van der Waals surface area contributed by atoms with E-state index in [1.54, 1.807) is 41.3 Å². The quantitative estimate of drug-likeness (QED) is 0.303. The number of fused-ring (bicyclic) bond motifs is 1. The van der Waals surface area contributed by atoms with Crippen LogP contribution in [-0.2, 0) is 19.5 Å². The van der Waals surface area contributed by atoms with Crippen LogP contribution in [0.3, 0.4) is 0 Å². The number of hydrogen-bond acceptors (Lipinski definition) is 9. The molecule has 0 bridgehead atoms. The molecule has 0 atom stereocenters. The topological polar surface area (TPSA) is 133 Å². The Kier molecular flexibility index (Phi) is 7.98. The third-order valence-electron chi connectivity index (χ3n) is 4.98. The van der Waals surface area contributed by atoms with Crippen molar-refractivity contribution in [3.8, 4) is 11.4 Å². The van der Waals surface area contributed by atoms with Crippen LogP contribution in [0.5, 0.6) is 0 Å². The Morgan fingerprint density at radius 1 is 0.971 bits per heavy atom. The second kappa shape index (κ2) is 11.3. The highest BCUT2D eigenvalue weighted by molar-refractivity contribution is 7.89. The fourth-order valence-corrected chi connectivity index (χ4v) is 4.54. The highest BCUT2D eigenvalue weighted by Crippen LogP contribution is 2.21. The summed E-state index contributed by atoms with van der Waals surface area (Å²) < 4.78 is 40.8. The molecule has 0 fully saturated rings. The molecule has 2 N–H and O–H groups in total. The fourth-order valence-electron chi connectivity index (χ4n) is 3.34. The van der Waals surface area contributed by atoms with Crippen molar-refractivity contribution in [3.63, 3.8) is 0 Å². The molecule has 4 aromatic rings. The van der Waals surface area contributed by atoms with Gasteiger partial charge in [0.1, 0.15) is 5.69 Å². The molecule has 0 saturated heterocycles. The number of aromatic nitrogens is 5. The average Bonchev–Trinajstić information content (AvgIpc) is 3.30. The van der Waals surface area contributed by atoms with Crippen LogP contribution in [0.1, 0.15) is 13.8 Å². The largest absolute Gasteiger partial charge is 0.380 e. The molecule has 0 aliphatic carbocycles. The van der Waals surface area contributed by atoms with Crippen LogP contribution in [0.2, 0.25) is 0 Å². The number of anilines is 2. The third kappa shape index (κ3) is 6.17. The van der Waals surface area contributed by atoms with Gasteiger partial charge in [-0.2, -0.15) is 5.10 Å². The molecule has 12 heteroatoms. The monoisotopic (exact) mass is 497 g/mol. The maximum Gasteiger partial charge on any atom is 0.240 e. The van der Waals surface area contributed by atoms with Crippen molar-refractivity contribution in [2.75, 3.05) is 31.7 Å². The van der Waals surface area contributed by atoms with Crippen LogP contribution < -0.4 is 10.0 Å². The molecule has 3 aromatic heterocycles. The number of imidazole rings is 1. The van der Waals surface area contributed by atoms with Gasteiger partial charge < -0.3 is 14.8 Å². The second-order valence-electron chi connectivity index (χ2n) is 7.49. The standard InChI is InChI=1S/C23H27N7O4S/c1-3-33-15-18(16-34-4-2)29-35(31,32)19-9-7-17(8-10-19)27-23-24-13-11-20(28-23)21-14-25-22-6-5-12-26-30(21)22/h5-14,18,29H,3-4,15-16H2,1-2H3,(H,24,27,28). The van der Waals surface area contributed by atoms with Gasteiger partial charge in [-0.05, 0) is 56.3 Å². The van der Waals surface area contributed by atoms with E-state index in [1.807, 2.05) is 26.0 Å². The Bertz CT molecular complexity index is 1350. The highest BCUT2D eigenvalue weighted by Gasteiger charge is 2.20. The molecule has 184 valence electrons. The van der Waals surface area contributed by atoms with Gasteiger partial charge in [0.25, 0.3) is 0 Å². The van der Waals surface area contributed by atoms with Crippen LogP contribution in [0.25, 0.3) is 17.0 Å². The van der Waals surface area contributed by atoms with E-state index in [0.717, 1.165) is 5.69 Å². The number of nitrogens with zero attached hydrogens (tertiary/aromatic N) is 5. The van der Waals surface area contributed by atoms with Gasteiger partial charge in [-0.1, -0.05) is 0 Å². The zero-order valence-corrected chi connectivity index (χ0v) is 20.3. The van der Waals surface area contributed by atoms with Crippen LogP contribution >= 0.6 is 0 Å². The van der Waals surface area contributed by atoms with Gasteiger partial charge in [-0.25, -0.2) is 32.6 Å². The van der Waals surface area contributed by atoms with E-state index >= 15 is 0 Å². The van der Waals surface area contributed by atoms with Crippen molar-refractivity contribution in [2.24, 2.45) is 0 Å². The predicted molar refractivity (Wildman–Crippen MR) is 131 cm³/mol. The zero-order chi connectivity index (χ0) is 24.7. The van der Waals surface area contributed by atoms with Gasteiger partial charge in [0.05, 0.1) is 36.0 Å². The molecule has 1 aromatic carbocycles. The Balaban J connectivity index is 1.47. The maximum absolute atomic E-state index is 12.8. The number of ether oxygens (including phenoxy) is 2. The molecule has 35 heavy (non-hydrogen) atoms. The second-order valence-corrected chi connectivity index (χ2v) is 9.20.